The second kappa shape index (κ2) is 23.0. The van der Waals surface area contributed by atoms with E-state index in [9.17, 15) is 0 Å². The fraction of sp³-hybridized carbons (Fsp3) is 0.688. The van der Waals surface area contributed by atoms with E-state index in [1.54, 1.807) is 6.20 Å². The van der Waals surface area contributed by atoms with E-state index in [1.807, 2.05) is 12.1 Å². The van der Waals surface area contributed by atoms with Gasteiger partial charge in [-0.3, -0.25) is 4.98 Å². The van der Waals surface area contributed by atoms with Gasteiger partial charge in [0.2, 0.25) is 0 Å². The van der Waals surface area contributed by atoms with Crippen LogP contribution in [0, 0.1) is 5.92 Å². The second-order valence-electron chi connectivity index (χ2n) is 5.54. The summed E-state index contributed by atoms with van der Waals surface area (Å²) in [5, 5.41) is 0. The van der Waals surface area contributed by atoms with Crippen LogP contribution in [0.3, 0.4) is 0 Å². The fourth-order valence-electron chi connectivity index (χ4n) is 2.18. The number of rotatable bonds is 1. The predicted octanol–water partition coefficient (Wildman–Crippen LogP) is 5.75. The van der Waals surface area contributed by atoms with E-state index in [-0.39, 0.29) is 56.1 Å². The fourth-order valence-corrected chi connectivity index (χ4v) is 2.38. The number of thiol groups is 1. The van der Waals surface area contributed by atoms with Crippen LogP contribution in [0.1, 0.15) is 18.5 Å². The Labute approximate surface area is 187 Å². The molecule has 1 radical (unpaired) electrons. The van der Waals surface area contributed by atoms with Crippen LogP contribution < -0.4 is 0 Å². The SMILES string of the molecule is CC1COCCOCC(c2cc(S)ccn2)COCCOC1.[NH2-].[NH2-].[NH2-].[NH2-].[NH2-].[Ru+5]. The first-order valence-corrected chi connectivity index (χ1v) is 8.16. The van der Waals surface area contributed by atoms with E-state index >= 15 is 0 Å². The van der Waals surface area contributed by atoms with Gasteiger partial charge in [-0.05, 0) is 12.1 Å². The largest absolute Gasteiger partial charge is 5.00 e. The minimum atomic E-state index is 0. The minimum Gasteiger partial charge on any atom is -0.693 e. The smallest absolute Gasteiger partial charge is 0.693 e. The molecule has 12 heteroatoms. The summed E-state index contributed by atoms with van der Waals surface area (Å²) < 4.78 is 22.6. The summed E-state index contributed by atoms with van der Waals surface area (Å²) in [6.45, 7) is 6.95. The van der Waals surface area contributed by atoms with Crippen molar-refractivity contribution in [1.29, 1.82) is 0 Å². The monoisotopic (exact) mass is 509 g/mol. The van der Waals surface area contributed by atoms with Crippen molar-refractivity contribution in [3.05, 3.63) is 54.8 Å². The Morgan fingerprint density at radius 1 is 0.821 bits per heavy atom. The van der Waals surface area contributed by atoms with Crippen molar-refractivity contribution in [2.24, 2.45) is 5.92 Å². The summed E-state index contributed by atoms with van der Waals surface area (Å²) >= 11 is 4.36. The van der Waals surface area contributed by atoms with Gasteiger partial charge < -0.3 is 49.7 Å². The first-order chi connectivity index (χ1) is 10.8. The van der Waals surface area contributed by atoms with Gasteiger partial charge >= 0.3 is 19.5 Å². The first kappa shape index (κ1) is 38.4. The molecule has 167 valence electrons. The first-order valence-electron chi connectivity index (χ1n) is 7.71. The Bertz CT molecular complexity index is 437. The van der Waals surface area contributed by atoms with E-state index in [1.165, 1.54) is 0 Å². The van der Waals surface area contributed by atoms with E-state index in [4.69, 9.17) is 18.9 Å². The van der Waals surface area contributed by atoms with Crippen LogP contribution in [0.15, 0.2) is 23.2 Å². The molecule has 0 bridgehead atoms. The van der Waals surface area contributed by atoms with Crippen molar-refractivity contribution >= 4 is 12.6 Å². The summed E-state index contributed by atoms with van der Waals surface area (Å²) in [5.41, 5.74) is 0.940. The standard InChI is InChI=1S/C16H25NO4S.5H2N.Ru/c1-13-9-18-4-6-20-11-14(12-21-7-5-19-10-13)16-8-15(22)2-3-17-16;;;;;;/h2-3,8,13-14H,4-7,9-12H2,1H3,(H,17,22);5*1H2;/q;5*-1;+5. The van der Waals surface area contributed by atoms with E-state index in [2.05, 4.69) is 24.5 Å². The van der Waals surface area contributed by atoms with Gasteiger partial charge in [0, 0.05) is 28.6 Å². The molecule has 0 atom stereocenters. The second-order valence-corrected chi connectivity index (χ2v) is 6.06. The molecule has 1 fully saturated rings. The maximum atomic E-state index is 5.72. The summed E-state index contributed by atoms with van der Waals surface area (Å²) in [6.07, 6.45) is 1.76. The molecule has 0 aromatic carbocycles. The third-order valence-corrected chi connectivity index (χ3v) is 3.65. The van der Waals surface area contributed by atoms with Crippen molar-refractivity contribution in [3.8, 4) is 0 Å². The molecule has 2 rings (SSSR count). The van der Waals surface area contributed by atoms with Gasteiger partial charge in [0.15, 0.2) is 0 Å². The third-order valence-electron chi connectivity index (χ3n) is 3.37. The van der Waals surface area contributed by atoms with Crippen molar-refractivity contribution < 1.29 is 38.4 Å². The van der Waals surface area contributed by atoms with Gasteiger partial charge in [0.05, 0.1) is 52.9 Å². The van der Waals surface area contributed by atoms with Gasteiger partial charge in [0.1, 0.15) is 0 Å². The van der Waals surface area contributed by atoms with Crippen LogP contribution in [0.2, 0.25) is 0 Å². The molecule has 0 aliphatic carbocycles. The molecule has 0 unspecified atom stereocenters. The Balaban J connectivity index is -0.000000294. The Morgan fingerprint density at radius 3 is 1.68 bits per heavy atom. The maximum absolute atomic E-state index is 5.72. The average molecular weight is 509 g/mol. The molecule has 28 heavy (non-hydrogen) atoms. The number of hydrogen-bond donors (Lipinski definition) is 1. The molecule has 0 saturated carbocycles. The normalized spacial score (nSPS) is 20.6. The summed E-state index contributed by atoms with van der Waals surface area (Å²) in [6, 6.07) is 3.82. The number of pyridine rings is 1. The zero-order chi connectivity index (χ0) is 15.6. The van der Waals surface area contributed by atoms with Gasteiger partial charge in [0.25, 0.3) is 0 Å². The molecule has 0 amide bonds. The van der Waals surface area contributed by atoms with Crippen molar-refractivity contribution in [2.75, 3.05) is 52.9 Å². The topological polar surface area (TPSA) is 217 Å². The van der Waals surface area contributed by atoms with E-state index in [0.29, 0.717) is 58.8 Å². The molecule has 1 aromatic heterocycles. The Hall–Kier alpha value is -0.237. The van der Waals surface area contributed by atoms with Crippen LogP contribution in [-0.4, -0.2) is 57.8 Å². The van der Waals surface area contributed by atoms with Crippen LogP contribution in [0.5, 0.6) is 0 Å². The molecule has 1 aromatic rings. The molecule has 10 N–H and O–H groups in total. The molecule has 1 aliphatic rings. The number of nitrogens with zero attached hydrogens (tertiary/aromatic N) is 1. The number of aromatic nitrogens is 1. The summed E-state index contributed by atoms with van der Waals surface area (Å²) in [5.74, 6) is 0.479. The van der Waals surface area contributed by atoms with Crippen molar-refractivity contribution in [1.82, 2.24) is 4.98 Å². The number of hydrogen-bond acceptors (Lipinski definition) is 6. The zero-order valence-electron chi connectivity index (χ0n) is 16.3. The van der Waals surface area contributed by atoms with Gasteiger partial charge in [-0.15, -0.1) is 12.6 Å². The van der Waals surface area contributed by atoms with Crippen LogP contribution in [-0.2, 0) is 38.4 Å². The molecule has 10 nitrogen and oxygen atoms in total. The van der Waals surface area contributed by atoms with Crippen LogP contribution in [0.4, 0.5) is 0 Å². The Kier molecular flexibility index (Phi) is 31.6. The zero-order valence-corrected chi connectivity index (χ0v) is 18.9. The van der Waals surface area contributed by atoms with Gasteiger partial charge in [-0.2, -0.15) is 0 Å². The Morgan fingerprint density at radius 2 is 1.25 bits per heavy atom. The third kappa shape index (κ3) is 15.7. The van der Waals surface area contributed by atoms with E-state index < -0.39 is 0 Å². The molecule has 0 spiro atoms. The molecule has 1 saturated heterocycles. The van der Waals surface area contributed by atoms with E-state index in [0.717, 1.165) is 10.6 Å². The average Bonchev–Trinajstić information content (AvgIpc) is 2.51. The summed E-state index contributed by atoms with van der Waals surface area (Å²) in [7, 11) is 0. The quantitative estimate of drug-likeness (QED) is 0.368. The predicted molar refractivity (Wildman–Crippen MR) is 113 cm³/mol. The summed E-state index contributed by atoms with van der Waals surface area (Å²) in [4.78, 5) is 5.30. The molecule has 1 aliphatic heterocycles. The van der Waals surface area contributed by atoms with Gasteiger partial charge in [-0.25, -0.2) is 0 Å². The van der Waals surface area contributed by atoms with Crippen molar-refractivity contribution in [3.63, 3.8) is 0 Å². The van der Waals surface area contributed by atoms with Crippen LogP contribution >= 0.6 is 12.6 Å². The maximum Gasteiger partial charge on any atom is 5.00 e. The number of nitrogens with two attached hydrogens (primary N) is 5. The van der Waals surface area contributed by atoms with Crippen molar-refractivity contribution in [2.45, 2.75) is 17.7 Å². The van der Waals surface area contributed by atoms with Gasteiger partial charge in [-0.1, -0.05) is 6.92 Å². The molecular formula is C16H35N6O4RuS. The minimum absolute atomic E-state index is 0. The van der Waals surface area contributed by atoms with Crippen LogP contribution in [0.25, 0.3) is 30.8 Å². The number of ether oxygens (including phenoxy) is 4. The molecule has 2 heterocycles. The molecular weight excluding hydrogens is 473 g/mol.